The maximum absolute atomic E-state index is 11.5. The first kappa shape index (κ1) is 12.9. The summed E-state index contributed by atoms with van der Waals surface area (Å²) in [7, 11) is 0. The van der Waals surface area contributed by atoms with E-state index in [0.717, 1.165) is 0 Å². The van der Waals surface area contributed by atoms with Crippen molar-refractivity contribution in [2.45, 2.75) is 0 Å². The van der Waals surface area contributed by atoms with Crippen molar-refractivity contribution in [2.24, 2.45) is 5.73 Å². The van der Waals surface area contributed by atoms with Crippen LogP contribution in [0.1, 0.15) is 10.4 Å². The molecule has 1 rings (SSSR count). The second kappa shape index (κ2) is 6.44. The normalized spacial score (nSPS) is 9.88. The molecule has 1 aromatic rings. The largest absolute Gasteiger partial charge is 0.505 e. The second-order valence-electron chi connectivity index (χ2n) is 3.17. The molecule has 0 aliphatic heterocycles. The van der Waals surface area contributed by atoms with Crippen LogP contribution in [0.3, 0.4) is 0 Å². The van der Waals surface area contributed by atoms with Crippen LogP contribution in [-0.2, 0) is 9.53 Å². The average Bonchev–Trinajstić information content (AvgIpc) is 2.28. The number of aromatic hydroxyl groups is 1. The molecule has 1 aromatic heterocycles. The number of nitrogens with zero attached hydrogens (tertiary/aromatic N) is 1. The molecule has 2 amide bonds. The van der Waals surface area contributed by atoms with Crippen molar-refractivity contribution in [2.75, 3.05) is 19.8 Å². The Labute approximate surface area is 97.6 Å². The summed E-state index contributed by atoms with van der Waals surface area (Å²) >= 11 is 0. The molecule has 0 saturated carbocycles. The molecule has 0 aliphatic carbocycles. The SMILES string of the molecule is NC(=O)COCCNC(=O)c1ccncc1O. The van der Waals surface area contributed by atoms with E-state index >= 15 is 0 Å². The molecule has 0 spiro atoms. The van der Waals surface area contributed by atoms with Gasteiger partial charge in [0.05, 0.1) is 18.4 Å². The van der Waals surface area contributed by atoms with Gasteiger partial charge >= 0.3 is 0 Å². The highest BCUT2D eigenvalue weighted by Gasteiger charge is 2.09. The van der Waals surface area contributed by atoms with Crippen molar-refractivity contribution in [1.29, 1.82) is 0 Å². The van der Waals surface area contributed by atoms with Crippen molar-refractivity contribution in [3.8, 4) is 5.75 Å². The van der Waals surface area contributed by atoms with Crippen molar-refractivity contribution in [3.05, 3.63) is 24.0 Å². The van der Waals surface area contributed by atoms with Crippen molar-refractivity contribution in [3.63, 3.8) is 0 Å². The van der Waals surface area contributed by atoms with Gasteiger partial charge in [-0.05, 0) is 6.07 Å². The van der Waals surface area contributed by atoms with Gasteiger partial charge in [0, 0.05) is 12.7 Å². The van der Waals surface area contributed by atoms with Gasteiger partial charge < -0.3 is 20.9 Å². The van der Waals surface area contributed by atoms with Crippen LogP contribution >= 0.6 is 0 Å². The molecule has 0 atom stereocenters. The van der Waals surface area contributed by atoms with E-state index in [2.05, 4.69) is 10.3 Å². The molecular formula is C10H13N3O4. The van der Waals surface area contributed by atoms with Crippen LogP contribution in [0.5, 0.6) is 5.75 Å². The Balaban J connectivity index is 2.31. The highest BCUT2D eigenvalue weighted by molar-refractivity contribution is 5.96. The standard InChI is InChI=1S/C10H13N3O4/c11-9(15)6-17-4-3-13-10(16)7-1-2-12-5-8(7)14/h1-2,5,14H,3-4,6H2,(H2,11,15)(H,13,16). The highest BCUT2D eigenvalue weighted by atomic mass is 16.5. The number of primary amides is 1. The monoisotopic (exact) mass is 239 g/mol. The summed E-state index contributed by atoms with van der Waals surface area (Å²) in [5.41, 5.74) is 4.99. The van der Waals surface area contributed by atoms with Gasteiger partial charge in [-0.2, -0.15) is 0 Å². The molecule has 0 bridgehead atoms. The summed E-state index contributed by atoms with van der Waals surface area (Å²) in [6, 6.07) is 1.40. The molecule has 0 fully saturated rings. The minimum Gasteiger partial charge on any atom is -0.505 e. The zero-order chi connectivity index (χ0) is 12.7. The Bertz CT molecular complexity index is 408. The smallest absolute Gasteiger partial charge is 0.255 e. The number of aromatic nitrogens is 1. The van der Waals surface area contributed by atoms with E-state index in [1.54, 1.807) is 0 Å². The molecule has 0 aliphatic rings. The summed E-state index contributed by atoms with van der Waals surface area (Å²) in [5, 5.41) is 11.9. The van der Waals surface area contributed by atoms with Crippen molar-refractivity contribution >= 4 is 11.8 Å². The maximum Gasteiger partial charge on any atom is 0.255 e. The van der Waals surface area contributed by atoms with Gasteiger partial charge in [0.1, 0.15) is 12.4 Å². The van der Waals surface area contributed by atoms with Gasteiger partial charge in [-0.1, -0.05) is 0 Å². The van der Waals surface area contributed by atoms with E-state index in [1.807, 2.05) is 0 Å². The lowest BCUT2D eigenvalue weighted by Gasteiger charge is -2.06. The molecule has 7 heteroatoms. The van der Waals surface area contributed by atoms with Crippen LogP contribution in [-0.4, -0.2) is 41.7 Å². The zero-order valence-corrected chi connectivity index (χ0v) is 9.05. The number of pyridine rings is 1. The second-order valence-corrected chi connectivity index (χ2v) is 3.17. The van der Waals surface area contributed by atoms with Crippen molar-refractivity contribution < 1.29 is 19.4 Å². The third-order valence-electron chi connectivity index (χ3n) is 1.82. The van der Waals surface area contributed by atoms with Crippen molar-refractivity contribution in [1.82, 2.24) is 10.3 Å². The number of ether oxygens (including phenoxy) is 1. The lowest BCUT2D eigenvalue weighted by molar-refractivity contribution is -0.122. The van der Waals surface area contributed by atoms with E-state index in [4.69, 9.17) is 10.5 Å². The molecule has 0 radical (unpaired) electrons. The first-order valence-corrected chi connectivity index (χ1v) is 4.88. The van der Waals surface area contributed by atoms with E-state index in [1.165, 1.54) is 18.5 Å². The van der Waals surface area contributed by atoms with E-state index < -0.39 is 11.8 Å². The van der Waals surface area contributed by atoms with Crippen LogP contribution in [0.15, 0.2) is 18.5 Å². The van der Waals surface area contributed by atoms with Gasteiger partial charge in [0.15, 0.2) is 0 Å². The summed E-state index contributed by atoms with van der Waals surface area (Å²) in [6.07, 6.45) is 2.58. The molecule has 4 N–H and O–H groups in total. The minimum absolute atomic E-state index is 0.134. The third-order valence-corrected chi connectivity index (χ3v) is 1.82. The number of nitrogens with two attached hydrogens (primary N) is 1. The number of hydrogen-bond acceptors (Lipinski definition) is 5. The Kier molecular flexibility index (Phi) is 4.89. The van der Waals surface area contributed by atoms with Gasteiger partial charge in [-0.25, -0.2) is 0 Å². The fraction of sp³-hybridized carbons (Fsp3) is 0.300. The average molecular weight is 239 g/mol. The predicted octanol–water partition coefficient (Wildman–Crippen LogP) is -0.981. The minimum atomic E-state index is -0.567. The first-order valence-electron chi connectivity index (χ1n) is 4.88. The van der Waals surface area contributed by atoms with Crippen LogP contribution in [0, 0.1) is 0 Å². The maximum atomic E-state index is 11.5. The molecule has 0 aromatic carbocycles. The Morgan fingerprint density at radius 2 is 2.29 bits per heavy atom. The summed E-state index contributed by atoms with van der Waals surface area (Å²) < 4.78 is 4.85. The molecule has 17 heavy (non-hydrogen) atoms. The fourth-order valence-corrected chi connectivity index (χ4v) is 1.08. The quantitative estimate of drug-likeness (QED) is 0.552. The summed E-state index contributed by atoms with van der Waals surface area (Å²) in [6.45, 7) is 0.199. The zero-order valence-electron chi connectivity index (χ0n) is 9.05. The number of nitrogens with one attached hydrogen (secondary N) is 1. The van der Waals surface area contributed by atoms with Crippen LogP contribution in [0.4, 0.5) is 0 Å². The number of carbonyl (C=O) groups is 2. The van der Waals surface area contributed by atoms with Crippen LogP contribution < -0.4 is 11.1 Å². The molecule has 1 heterocycles. The third kappa shape index (κ3) is 4.47. The van der Waals surface area contributed by atoms with Gasteiger partial charge in [0.25, 0.3) is 5.91 Å². The fourth-order valence-electron chi connectivity index (χ4n) is 1.08. The van der Waals surface area contributed by atoms with E-state index in [-0.39, 0.29) is 31.1 Å². The number of amides is 2. The first-order chi connectivity index (χ1) is 8.11. The lowest BCUT2D eigenvalue weighted by Crippen LogP contribution is -2.28. The Morgan fingerprint density at radius 1 is 1.53 bits per heavy atom. The lowest BCUT2D eigenvalue weighted by atomic mass is 10.2. The highest BCUT2D eigenvalue weighted by Crippen LogP contribution is 2.12. The van der Waals surface area contributed by atoms with Crippen LogP contribution in [0.25, 0.3) is 0 Å². The number of rotatable bonds is 6. The van der Waals surface area contributed by atoms with Gasteiger partial charge in [0.2, 0.25) is 5.91 Å². The van der Waals surface area contributed by atoms with Gasteiger partial charge in [-0.15, -0.1) is 0 Å². The van der Waals surface area contributed by atoms with Gasteiger partial charge in [-0.3, -0.25) is 14.6 Å². The predicted molar refractivity (Wildman–Crippen MR) is 58.2 cm³/mol. The Hall–Kier alpha value is -2.15. The molecular weight excluding hydrogens is 226 g/mol. The number of carbonyl (C=O) groups excluding carboxylic acids is 2. The molecule has 0 saturated heterocycles. The number of hydrogen-bond donors (Lipinski definition) is 3. The van der Waals surface area contributed by atoms with E-state index in [9.17, 15) is 14.7 Å². The summed E-state index contributed by atoms with van der Waals surface area (Å²) in [4.78, 5) is 25.5. The topological polar surface area (TPSA) is 115 Å². The molecule has 92 valence electrons. The van der Waals surface area contributed by atoms with E-state index in [0.29, 0.717) is 0 Å². The molecule has 0 unspecified atom stereocenters. The van der Waals surface area contributed by atoms with Crippen LogP contribution in [0.2, 0.25) is 0 Å². The summed E-state index contributed by atoms with van der Waals surface area (Å²) in [5.74, 6) is -1.20. The Morgan fingerprint density at radius 3 is 2.94 bits per heavy atom. The molecule has 7 nitrogen and oxygen atoms in total.